The summed E-state index contributed by atoms with van der Waals surface area (Å²) in [7, 11) is -7.98. The molecule has 0 bridgehead atoms. The Kier molecular flexibility index (Phi) is 8.85. The third kappa shape index (κ3) is 6.71. The summed E-state index contributed by atoms with van der Waals surface area (Å²) in [5, 5.41) is 0.431. The second kappa shape index (κ2) is 11.8. The van der Waals surface area contributed by atoms with Crippen molar-refractivity contribution in [1.82, 2.24) is 4.90 Å². The maximum atomic E-state index is 13.3. The molecule has 3 aromatic carbocycles. The lowest BCUT2D eigenvalue weighted by Crippen LogP contribution is -2.38. The van der Waals surface area contributed by atoms with E-state index < -0.39 is 20.0 Å². The third-order valence-corrected chi connectivity index (χ3v) is 10.7. The molecule has 1 amide bonds. The Balaban J connectivity index is 1.53. The van der Waals surface area contributed by atoms with Gasteiger partial charge in [0, 0.05) is 28.7 Å². The standard InChI is InChI=1S/C27H30ClN3O5S3/c1-18-13-15-31(16-14-18)27(32)23-17-22(11-12-26(23)37-3)39(35,36)29-20-7-9-21(10-8-20)38(33,34)30-25-6-4-5-24(28)19(25)2/h4-12,17-18,29-30H,13-16H2,1-3H3. The third-order valence-electron chi connectivity index (χ3n) is 6.71. The number of nitrogens with zero attached hydrogens (tertiary/aromatic N) is 1. The topological polar surface area (TPSA) is 113 Å². The van der Waals surface area contributed by atoms with E-state index in [2.05, 4.69) is 16.4 Å². The van der Waals surface area contributed by atoms with Gasteiger partial charge in [-0.05, 0) is 92.1 Å². The molecule has 0 spiro atoms. The van der Waals surface area contributed by atoms with Crippen LogP contribution in [0.4, 0.5) is 11.4 Å². The van der Waals surface area contributed by atoms with Gasteiger partial charge in [0.05, 0.1) is 21.0 Å². The lowest BCUT2D eigenvalue weighted by molar-refractivity contribution is 0.0693. The van der Waals surface area contributed by atoms with Gasteiger partial charge in [-0.3, -0.25) is 14.2 Å². The molecular weight excluding hydrogens is 578 g/mol. The van der Waals surface area contributed by atoms with Crippen molar-refractivity contribution in [3.8, 4) is 0 Å². The van der Waals surface area contributed by atoms with Gasteiger partial charge >= 0.3 is 0 Å². The largest absolute Gasteiger partial charge is 0.339 e. The normalized spacial score (nSPS) is 14.7. The average molecular weight is 608 g/mol. The van der Waals surface area contributed by atoms with E-state index in [0.29, 0.717) is 45.7 Å². The van der Waals surface area contributed by atoms with Crippen LogP contribution in [0.3, 0.4) is 0 Å². The molecular formula is C27H30ClN3O5S3. The number of sulfonamides is 2. The van der Waals surface area contributed by atoms with Crippen LogP contribution in [0.2, 0.25) is 5.02 Å². The Morgan fingerprint density at radius 1 is 0.923 bits per heavy atom. The number of thioether (sulfide) groups is 1. The van der Waals surface area contributed by atoms with Crippen molar-refractivity contribution in [3.05, 3.63) is 76.8 Å². The maximum Gasteiger partial charge on any atom is 0.261 e. The highest BCUT2D eigenvalue weighted by Crippen LogP contribution is 2.29. The number of piperidine rings is 1. The Hall–Kier alpha value is -2.73. The lowest BCUT2D eigenvalue weighted by atomic mass is 9.98. The molecule has 1 fully saturated rings. The molecule has 8 nitrogen and oxygen atoms in total. The minimum atomic E-state index is -4.05. The summed E-state index contributed by atoms with van der Waals surface area (Å²) >= 11 is 7.47. The quantitative estimate of drug-likeness (QED) is 0.311. The first-order valence-corrected chi connectivity index (χ1v) is 16.9. The molecule has 0 aromatic heterocycles. The van der Waals surface area contributed by atoms with E-state index in [0.717, 1.165) is 12.8 Å². The van der Waals surface area contributed by atoms with E-state index in [1.54, 1.807) is 36.1 Å². The molecule has 3 aromatic rings. The number of hydrogen-bond donors (Lipinski definition) is 2. The van der Waals surface area contributed by atoms with E-state index in [1.807, 2.05) is 6.26 Å². The fourth-order valence-corrected chi connectivity index (χ4v) is 7.19. The molecule has 208 valence electrons. The number of benzene rings is 3. The SMILES string of the molecule is CSc1ccc(S(=O)(=O)Nc2ccc(S(=O)(=O)Nc3cccc(Cl)c3C)cc2)cc1C(=O)N1CCC(C)CC1. The molecule has 0 atom stereocenters. The van der Waals surface area contributed by atoms with Gasteiger partial charge in [0.1, 0.15) is 0 Å². The Morgan fingerprint density at radius 2 is 1.54 bits per heavy atom. The van der Waals surface area contributed by atoms with Crippen LogP contribution in [0.1, 0.15) is 35.7 Å². The van der Waals surface area contributed by atoms with E-state index in [4.69, 9.17) is 11.6 Å². The summed E-state index contributed by atoms with van der Waals surface area (Å²) in [5.74, 6) is 0.378. The smallest absolute Gasteiger partial charge is 0.261 e. The van der Waals surface area contributed by atoms with Gasteiger partial charge in [0.15, 0.2) is 0 Å². The van der Waals surface area contributed by atoms with Crippen molar-refractivity contribution in [1.29, 1.82) is 0 Å². The van der Waals surface area contributed by atoms with Gasteiger partial charge in [-0.2, -0.15) is 0 Å². The molecule has 4 rings (SSSR count). The highest BCUT2D eigenvalue weighted by molar-refractivity contribution is 7.98. The summed E-state index contributed by atoms with van der Waals surface area (Å²) in [4.78, 5) is 15.6. The average Bonchev–Trinajstić information content (AvgIpc) is 2.91. The van der Waals surface area contributed by atoms with Crippen molar-refractivity contribution < 1.29 is 21.6 Å². The highest BCUT2D eigenvalue weighted by atomic mass is 35.5. The lowest BCUT2D eigenvalue weighted by Gasteiger charge is -2.30. The molecule has 0 unspecified atom stereocenters. The van der Waals surface area contributed by atoms with Gasteiger partial charge < -0.3 is 4.90 Å². The van der Waals surface area contributed by atoms with Gasteiger partial charge in [-0.25, -0.2) is 16.8 Å². The molecule has 2 N–H and O–H groups in total. The summed E-state index contributed by atoms with van der Waals surface area (Å²) in [6, 6.07) is 14.8. The first-order chi connectivity index (χ1) is 18.4. The number of likely N-dealkylation sites (tertiary alicyclic amines) is 1. The van der Waals surface area contributed by atoms with Crippen molar-refractivity contribution >= 4 is 60.7 Å². The second-order valence-corrected chi connectivity index (χ2v) is 14.1. The Bertz CT molecular complexity index is 1590. The minimum absolute atomic E-state index is 0.0436. The molecule has 0 aliphatic carbocycles. The minimum Gasteiger partial charge on any atom is -0.339 e. The van der Waals surface area contributed by atoms with Crippen LogP contribution in [0.25, 0.3) is 0 Å². The van der Waals surface area contributed by atoms with Crippen LogP contribution in [-0.2, 0) is 20.0 Å². The van der Waals surface area contributed by atoms with Crippen LogP contribution in [0, 0.1) is 12.8 Å². The predicted octanol–water partition coefficient (Wildman–Crippen LogP) is 5.84. The second-order valence-electron chi connectivity index (χ2n) is 9.48. The Labute approximate surface area is 239 Å². The van der Waals surface area contributed by atoms with Crippen LogP contribution in [0.15, 0.2) is 75.4 Å². The number of carbonyl (C=O) groups excluding carboxylic acids is 1. The summed E-state index contributed by atoms with van der Waals surface area (Å²) < 4.78 is 57.1. The number of nitrogens with one attached hydrogen (secondary N) is 2. The molecule has 1 aliphatic heterocycles. The van der Waals surface area contributed by atoms with Crippen molar-refractivity contribution in [2.24, 2.45) is 5.92 Å². The first kappa shape index (κ1) is 29.3. The zero-order chi connectivity index (χ0) is 28.4. The molecule has 1 heterocycles. The summed E-state index contributed by atoms with van der Waals surface area (Å²) in [6.45, 7) is 5.15. The van der Waals surface area contributed by atoms with Gasteiger partial charge in [0.25, 0.3) is 26.0 Å². The molecule has 0 radical (unpaired) electrons. The highest BCUT2D eigenvalue weighted by Gasteiger charge is 2.26. The van der Waals surface area contributed by atoms with Crippen molar-refractivity contribution in [3.63, 3.8) is 0 Å². The number of rotatable bonds is 8. The van der Waals surface area contributed by atoms with Crippen LogP contribution in [0.5, 0.6) is 0 Å². The molecule has 39 heavy (non-hydrogen) atoms. The van der Waals surface area contributed by atoms with E-state index >= 15 is 0 Å². The fourth-order valence-electron chi connectivity index (χ4n) is 4.24. The fraction of sp³-hybridized carbons (Fsp3) is 0.296. The zero-order valence-corrected chi connectivity index (χ0v) is 25.0. The van der Waals surface area contributed by atoms with Crippen LogP contribution >= 0.6 is 23.4 Å². The van der Waals surface area contributed by atoms with Gasteiger partial charge in [0.2, 0.25) is 0 Å². The van der Waals surface area contributed by atoms with Gasteiger partial charge in [-0.15, -0.1) is 11.8 Å². The number of hydrogen-bond acceptors (Lipinski definition) is 6. The van der Waals surface area contributed by atoms with E-state index in [-0.39, 0.29) is 21.4 Å². The number of halogens is 1. The monoisotopic (exact) mass is 607 g/mol. The number of carbonyl (C=O) groups is 1. The van der Waals surface area contributed by atoms with E-state index in [9.17, 15) is 21.6 Å². The van der Waals surface area contributed by atoms with Crippen LogP contribution in [-0.4, -0.2) is 47.0 Å². The summed E-state index contributed by atoms with van der Waals surface area (Å²) in [5.41, 5.74) is 1.47. The van der Waals surface area contributed by atoms with E-state index in [1.165, 1.54) is 48.2 Å². The predicted molar refractivity (Wildman–Crippen MR) is 157 cm³/mol. The summed E-state index contributed by atoms with van der Waals surface area (Å²) in [6.07, 6.45) is 3.68. The maximum absolute atomic E-state index is 13.3. The molecule has 1 saturated heterocycles. The first-order valence-electron chi connectivity index (χ1n) is 12.3. The number of amides is 1. The Morgan fingerprint density at radius 3 is 2.18 bits per heavy atom. The van der Waals surface area contributed by atoms with Gasteiger partial charge in [-0.1, -0.05) is 24.6 Å². The van der Waals surface area contributed by atoms with Crippen molar-refractivity contribution in [2.75, 3.05) is 28.8 Å². The molecule has 0 saturated carbocycles. The van der Waals surface area contributed by atoms with Crippen LogP contribution < -0.4 is 9.44 Å². The molecule has 1 aliphatic rings. The zero-order valence-electron chi connectivity index (χ0n) is 21.8. The number of anilines is 2. The van der Waals surface area contributed by atoms with Crippen molar-refractivity contribution in [2.45, 2.75) is 41.4 Å². The molecule has 12 heteroatoms.